The van der Waals surface area contributed by atoms with E-state index in [2.05, 4.69) is 203 Å². The molecule has 0 aliphatic rings. The summed E-state index contributed by atoms with van der Waals surface area (Å²) in [5.74, 6) is -1.10. The van der Waals surface area contributed by atoms with Gasteiger partial charge in [-0.15, -0.1) is 0 Å². The molecule has 0 rings (SSSR count). The highest BCUT2D eigenvalue weighted by Gasteiger charge is 2.19. The second kappa shape index (κ2) is 66.8. The molecule has 450 valence electrons. The molecule has 0 amide bonds. The zero-order valence-electron chi connectivity index (χ0n) is 51.5. The molecular weight excluding hydrogens is 997 g/mol. The molecule has 6 heteroatoms. The molecule has 0 aromatic rings. The quantitative estimate of drug-likeness (QED) is 0.0261. The third kappa shape index (κ3) is 64.9. The lowest BCUT2D eigenvalue weighted by molar-refractivity contribution is -0.166. The van der Waals surface area contributed by atoms with Crippen molar-refractivity contribution in [2.24, 2.45) is 0 Å². The average Bonchev–Trinajstić information content (AvgIpc) is 3.47. The maximum Gasteiger partial charge on any atom is 0.309 e. The Hall–Kier alpha value is -5.75. The van der Waals surface area contributed by atoms with Crippen LogP contribution in [-0.4, -0.2) is 37.2 Å². The molecule has 0 N–H and O–H groups in total. The second-order valence-corrected chi connectivity index (χ2v) is 20.2. The summed E-state index contributed by atoms with van der Waals surface area (Å²) < 4.78 is 16.8. The summed E-state index contributed by atoms with van der Waals surface area (Å²) in [6.07, 6.45) is 102. The van der Waals surface area contributed by atoms with Crippen LogP contribution in [0.25, 0.3) is 0 Å². The van der Waals surface area contributed by atoms with Crippen LogP contribution in [0, 0.1) is 0 Å². The highest BCUT2D eigenvalue weighted by molar-refractivity contribution is 5.72. The molecule has 1 atom stereocenters. The summed E-state index contributed by atoms with van der Waals surface area (Å²) >= 11 is 0. The van der Waals surface area contributed by atoms with Crippen LogP contribution in [0.15, 0.2) is 194 Å². The first-order valence-electron chi connectivity index (χ1n) is 31.9. The van der Waals surface area contributed by atoms with Crippen molar-refractivity contribution in [2.75, 3.05) is 13.2 Å². The Balaban J connectivity index is 4.54. The average molecular weight is 1110 g/mol. The van der Waals surface area contributed by atoms with Crippen molar-refractivity contribution in [3.63, 3.8) is 0 Å². The van der Waals surface area contributed by atoms with Gasteiger partial charge in [0.05, 0.1) is 6.42 Å². The molecule has 0 fully saturated rings. The van der Waals surface area contributed by atoms with E-state index in [9.17, 15) is 14.4 Å². The highest BCUT2D eigenvalue weighted by Crippen LogP contribution is 2.13. The van der Waals surface area contributed by atoms with Crippen LogP contribution in [0.5, 0.6) is 0 Å². The summed E-state index contributed by atoms with van der Waals surface area (Å²) in [4.78, 5) is 38.3. The van der Waals surface area contributed by atoms with Gasteiger partial charge in [-0.3, -0.25) is 14.4 Å². The van der Waals surface area contributed by atoms with Gasteiger partial charge in [0.2, 0.25) is 0 Å². The molecule has 0 aliphatic carbocycles. The summed E-state index contributed by atoms with van der Waals surface area (Å²) in [5.41, 5.74) is 0. The normalized spacial score (nSPS) is 13.5. The minimum atomic E-state index is -0.845. The van der Waals surface area contributed by atoms with Crippen molar-refractivity contribution in [3.8, 4) is 0 Å². The lowest BCUT2D eigenvalue weighted by Gasteiger charge is -2.18. The van der Waals surface area contributed by atoms with Gasteiger partial charge in [-0.05, 0) is 141 Å². The number of allylic oxidation sites excluding steroid dienone is 31. The fraction of sp³-hybridized carbons (Fsp3) is 0.533. The predicted octanol–water partition coefficient (Wildman–Crippen LogP) is 22.2. The minimum Gasteiger partial charge on any atom is -0.462 e. The van der Waals surface area contributed by atoms with E-state index in [1.165, 1.54) is 32.1 Å². The van der Waals surface area contributed by atoms with Gasteiger partial charge in [0.1, 0.15) is 13.2 Å². The smallest absolute Gasteiger partial charge is 0.309 e. The van der Waals surface area contributed by atoms with Gasteiger partial charge in [-0.2, -0.15) is 0 Å². The maximum atomic E-state index is 12.9. The number of hydrogen-bond acceptors (Lipinski definition) is 6. The Labute approximate surface area is 497 Å². The molecule has 81 heavy (non-hydrogen) atoms. The van der Waals surface area contributed by atoms with Crippen molar-refractivity contribution in [2.45, 2.75) is 245 Å². The van der Waals surface area contributed by atoms with Crippen molar-refractivity contribution in [1.29, 1.82) is 0 Å². The summed E-state index contributed by atoms with van der Waals surface area (Å²) in [6.45, 7) is 6.17. The lowest BCUT2D eigenvalue weighted by atomic mass is 10.1. The Morgan fingerprint density at radius 2 is 0.494 bits per heavy atom. The Morgan fingerprint density at radius 3 is 0.802 bits per heavy atom. The highest BCUT2D eigenvalue weighted by atomic mass is 16.6. The van der Waals surface area contributed by atoms with Gasteiger partial charge in [0.25, 0.3) is 0 Å². The molecule has 0 heterocycles. The fourth-order valence-corrected chi connectivity index (χ4v) is 7.96. The van der Waals surface area contributed by atoms with Crippen molar-refractivity contribution < 1.29 is 28.6 Å². The number of esters is 3. The fourth-order valence-electron chi connectivity index (χ4n) is 7.96. The number of carbonyl (C=O) groups is 3. The number of rotatable bonds is 55. The van der Waals surface area contributed by atoms with Crippen LogP contribution >= 0.6 is 0 Å². The van der Waals surface area contributed by atoms with Crippen molar-refractivity contribution in [1.82, 2.24) is 0 Å². The van der Waals surface area contributed by atoms with Crippen LogP contribution < -0.4 is 0 Å². The molecule has 1 unspecified atom stereocenters. The van der Waals surface area contributed by atoms with Crippen LogP contribution in [0.4, 0.5) is 0 Å². The molecule has 0 saturated heterocycles. The molecule has 0 aliphatic heterocycles. The zero-order chi connectivity index (χ0) is 58.5. The van der Waals surface area contributed by atoms with Crippen LogP contribution in [0.1, 0.15) is 239 Å². The van der Waals surface area contributed by atoms with Gasteiger partial charge in [0, 0.05) is 12.8 Å². The third-order valence-electron chi connectivity index (χ3n) is 12.6. The number of unbranched alkanes of at least 4 members (excludes halogenated alkanes) is 13. The number of ether oxygens (including phenoxy) is 3. The van der Waals surface area contributed by atoms with Gasteiger partial charge in [0.15, 0.2) is 6.10 Å². The minimum absolute atomic E-state index is 0.111. The first-order valence-corrected chi connectivity index (χ1v) is 31.9. The summed E-state index contributed by atoms with van der Waals surface area (Å²) in [5, 5.41) is 0. The zero-order valence-corrected chi connectivity index (χ0v) is 51.5. The van der Waals surface area contributed by atoms with Gasteiger partial charge >= 0.3 is 17.9 Å². The first kappa shape index (κ1) is 75.2. The van der Waals surface area contributed by atoms with E-state index in [-0.39, 0.29) is 38.0 Å². The molecular formula is C75H114O6. The van der Waals surface area contributed by atoms with Crippen molar-refractivity contribution in [3.05, 3.63) is 194 Å². The van der Waals surface area contributed by atoms with Crippen LogP contribution in [0.3, 0.4) is 0 Å². The molecule has 0 bridgehead atoms. The van der Waals surface area contributed by atoms with Gasteiger partial charge in [-0.25, -0.2) is 0 Å². The van der Waals surface area contributed by atoms with Gasteiger partial charge < -0.3 is 14.2 Å². The van der Waals surface area contributed by atoms with Crippen molar-refractivity contribution >= 4 is 17.9 Å². The van der Waals surface area contributed by atoms with E-state index in [1.54, 1.807) is 6.08 Å². The SMILES string of the molecule is CC/C=C\C/C=C\C/C=C\C/C=C\C/C=C\C/C=C\CCCCCCCCC(=O)OCC(COC(=O)C/C=C\C/C=C\C/C=C\C/C=C\C/C=C\CC)OC(=O)CCCCCCCCC/C=C\C/C=C\C/C=C\C/C=C\C/C=C\CC. The summed E-state index contributed by atoms with van der Waals surface area (Å²) in [6, 6.07) is 0. The topological polar surface area (TPSA) is 78.9 Å². The van der Waals surface area contributed by atoms with Crippen LogP contribution in [-0.2, 0) is 28.6 Å². The largest absolute Gasteiger partial charge is 0.462 e. The Kier molecular flexibility index (Phi) is 62.0. The molecule has 0 aromatic carbocycles. The van der Waals surface area contributed by atoms with E-state index in [4.69, 9.17) is 14.2 Å². The lowest BCUT2D eigenvalue weighted by Crippen LogP contribution is -2.30. The van der Waals surface area contributed by atoms with E-state index in [0.29, 0.717) is 6.42 Å². The van der Waals surface area contributed by atoms with Crippen LogP contribution in [0.2, 0.25) is 0 Å². The predicted molar refractivity (Wildman–Crippen MR) is 352 cm³/mol. The maximum absolute atomic E-state index is 12.9. The second-order valence-electron chi connectivity index (χ2n) is 20.2. The monoisotopic (exact) mass is 1110 g/mol. The molecule has 6 nitrogen and oxygen atoms in total. The molecule has 0 saturated carbocycles. The third-order valence-corrected chi connectivity index (χ3v) is 12.6. The Morgan fingerprint density at radius 1 is 0.259 bits per heavy atom. The molecule has 0 aromatic heterocycles. The standard InChI is InChI=1S/C75H114O6/c1-4-7-10-13-16-19-22-25-28-30-32-34-36-37-39-40-42-44-47-50-53-56-59-62-65-68-74(77)80-71-72(70-79-73(76)67-64-61-58-55-52-49-46-27-24-21-18-15-12-9-6-3)81-75(78)69-66-63-60-57-54-51-48-45-43-41-38-35-33-31-29-26-23-20-17-14-11-8-5-2/h7-12,16-21,25-29,32-35,37,39,41-44,46,52,55,61,64,72H,4-6,13-15,22-24,30-31,36,38,40,45,47-51,53-54,56-60,62-63,65-71H2,1-3H3/b10-7-,11-8-,12-9-,19-16-,20-17-,21-18-,28-25-,29-26-,34-32-,35-33-,39-37-,43-41-,44-42-,46-27-,55-52-,64-61-. The van der Waals surface area contributed by atoms with E-state index in [0.717, 1.165) is 167 Å². The van der Waals surface area contributed by atoms with Gasteiger partial charge in [-0.1, -0.05) is 273 Å². The summed E-state index contributed by atoms with van der Waals surface area (Å²) in [7, 11) is 0. The van der Waals surface area contributed by atoms with E-state index >= 15 is 0 Å². The van der Waals surface area contributed by atoms with E-state index in [1.807, 2.05) is 6.08 Å². The number of carbonyl (C=O) groups excluding carboxylic acids is 3. The Bertz CT molecular complexity index is 1950. The number of hydrogen-bond donors (Lipinski definition) is 0. The van der Waals surface area contributed by atoms with E-state index < -0.39 is 12.1 Å². The first-order chi connectivity index (χ1) is 40.0. The molecule has 0 spiro atoms. The molecule has 0 radical (unpaired) electrons.